The monoisotopic (exact) mass is 407 g/mol. The highest BCUT2D eigenvalue weighted by molar-refractivity contribution is 7.09. The average molecular weight is 408 g/mol. The Hall–Kier alpha value is -3.12. The second-order valence-corrected chi connectivity index (χ2v) is 7.66. The lowest BCUT2D eigenvalue weighted by atomic mass is 10.2. The largest absolute Gasteiger partial charge is 0.487 e. The Balaban J connectivity index is 1.44. The molecule has 1 N–H and O–H groups in total. The normalized spacial score (nSPS) is 10.8. The molecule has 0 aliphatic heterocycles. The number of para-hydroxylation sites is 1. The summed E-state index contributed by atoms with van der Waals surface area (Å²) >= 11 is 1.61. The van der Waals surface area contributed by atoms with Crippen LogP contribution in [0.2, 0.25) is 0 Å². The van der Waals surface area contributed by atoms with E-state index in [-0.39, 0.29) is 5.91 Å². The van der Waals surface area contributed by atoms with Gasteiger partial charge < -0.3 is 15.0 Å². The number of carbonyl (C=O) groups excluding carboxylic acids is 1. The summed E-state index contributed by atoms with van der Waals surface area (Å²) in [6, 6.07) is 17.7. The fraction of sp³-hybridized carbons (Fsp3) is 0.217. The Morgan fingerprint density at radius 3 is 2.79 bits per heavy atom. The maximum atomic E-state index is 12.1. The highest BCUT2D eigenvalue weighted by Crippen LogP contribution is 2.17. The molecule has 0 aliphatic carbocycles. The molecule has 1 amide bonds. The third kappa shape index (κ3) is 6.76. The first kappa shape index (κ1) is 20.6. The van der Waals surface area contributed by atoms with Crippen molar-refractivity contribution in [1.82, 2.24) is 10.3 Å². The summed E-state index contributed by atoms with van der Waals surface area (Å²) < 4.78 is 5.79. The van der Waals surface area contributed by atoms with E-state index in [2.05, 4.69) is 15.2 Å². The highest BCUT2D eigenvalue weighted by atomic mass is 32.1. The molecule has 0 aliphatic rings. The summed E-state index contributed by atoms with van der Waals surface area (Å²) in [7, 11) is 2.01. The first-order chi connectivity index (χ1) is 14.1. The van der Waals surface area contributed by atoms with Crippen LogP contribution < -0.4 is 15.0 Å². The number of carbonyl (C=O) groups is 1. The van der Waals surface area contributed by atoms with Crippen LogP contribution in [-0.4, -0.2) is 31.0 Å². The van der Waals surface area contributed by atoms with Gasteiger partial charge in [-0.1, -0.05) is 30.3 Å². The van der Waals surface area contributed by atoms with Crippen molar-refractivity contribution in [3.05, 3.63) is 82.3 Å². The third-order valence-corrected chi connectivity index (χ3v) is 5.10. The lowest BCUT2D eigenvalue weighted by molar-refractivity contribution is -0.116. The SMILES string of the molecule is Cc1nc(COc2cccc(/C=C/C(=O)NCCN(C)c3ccccc3)c2)cs1. The van der Waals surface area contributed by atoms with Crippen molar-refractivity contribution in [3.63, 3.8) is 0 Å². The molecule has 1 heterocycles. The maximum absolute atomic E-state index is 12.1. The molecule has 0 fully saturated rings. The Kier molecular flexibility index (Phi) is 7.41. The number of ether oxygens (including phenoxy) is 1. The number of nitrogens with one attached hydrogen (secondary N) is 1. The zero-order chi connectivity index (χ0) is 20.5. The fourth-order valence-electron chi connectivity index (χ4n) is 2.73. The lowest BCUT2D eigenvalue weighted by Crippen LogP contribution is -2.31. The summed E-state index contributed by atoms with van der Waals surface area (Å²) in [5.41, 5.74) is 2.96. The molecule has 0 saturated heterocycles. The number of rotatable bonds is 9. The van der Waals surface area contributed by atoms with Gasteiger partial charge in [0.05, 0.1) is 10.7 Å². The molecule has 0 atom stereocenters. The Morgan fingerprint density at radius 1 is 1.21 bits per heavy atom. The number of thiazole rings is 1. The molecule has 6 heteroatoms. The van der Waals surface area contributed by atoms with Gasteiger partial charge >= 0.3 is 0 Å². The van der Waals surface area contributed by atoms with E-state index in [0.29, 0.717) is 13.2 Å². The van der Waals surface area contributed by atoms with E-state index >= 15 is 0 Å². The predicted octanol–water partition coefficient (Wildman–Crippen LogP) is 4.30. The second-order valence-electron chi connectivity index (χ2n) is 6.60. The summed E-state index contributed by atoms with van der Waals surface area (Å²) in [6.07, 6.45) is 3.33. The zero-order valence-electron chi connectivity index (χ0n) is 16.7. The second kappa shape index (κ2) is 10.4. The van der Waals surface area contributed by atoms with Crippen molar-refractivity contribution in [2.45, 2.75) is 13.5 Å². The molecule has 2 aromatic carbocycles. The molecule has 0 saturated carbocycles. The number of nitrogens with zero attached hydrogens (tertiary/aromatic N) is 2. The highest BCUT2D eigenvalue weighted by Gasteiger charge is 2.02. The van der Waals surface area contributed by atoms with E-state index in [4.69, 9.17) is 4.74 Å². The molecular weight excluding hydrogens is 382 g/mol. The minimum atomic E-state index is -0.115. The number of aromatic nitrogens is 1. The molecule has 150 valence electrons. The average Bonchev–Trinajstić information content (AvgIpc) is 3.17. The van der Waals surface area contributed by atoms with Gasteiger partial charge in [0.15, 0.2) is 0 Å². The summed E-state index contributed by atoms with van der Waals surface area (Å²) in [5, 5.41) is 5.94. The van der Waals surface area contributed by atoms with Crippen molar-refractivity contribution in [2.24, 2.45) is 0 Å². The first-order valence-electron chi connectivity index (χ1n) is 9.46. The van der Waals surface area contributed by atoms with Crippen molar-refractivity contribution in [2.75, 3.05) is 25.0 Å². The molecule has 29 heavy (non-hydrogen) atoms. The van der Waals surface area contributed by atoms with Crippen LogP contribution in [0, 0.1) is 6.92 Å². The molecule has 0 bridgehead atoms. The molecular formula is C23H25N3O2S. The lowest BCUT2D eigenvalue weighted by Gasteiger charge is -2.19. The van der Waals surface area contributed by atoms with Crippen molar-refractivity contribution in [1.29, 1.82) is 0 Å². The molecule has 3 aromatic rings. The van der Waals surface area contributed by atoms with Gasteiger partial charge in [0.2, 0.25) is 5.91 Å². The van der Waals surface area contributed by atoms with Gasteiger partial charge in [0.1, 0.15) is 12.4 Å². The Morgan fingerprint density at radius 2 is 2.03 bits per heavy atom. The number of anilines is 1. The van der Waals surface area contributed by atoms with Gasteiger partial charge in [-0.25, -0.2) is 4.98 Å². The van der Waals surface area contributed by atoms with Crippen LogP contribution in [0.25, 0.3) is 6.08 Å². The van der Waals surface area contributed by atoms with Gasteiger partial charge in [-0.2, -0.15) is 0 Å². The van der Waals surface area contributed by atoms with Gasteiger partial charge in [0.25, 0.3) is 0 Å². The third-order valence-electron chi connectivity index (χ3n) is 4.28. The van der Waals surface area contributed by atoms with Crippen molar-refractivity contribution < 1.29 is 9.53 Å². The van der Waals surface area contributed by atoms with Crippen LogP contribution in [0.4, 0.5) is 5.69 Å². The number of hydrogen-bond acceptors (Lipinski definition) is 5. The number of aryl methyl sites for hydroxylation is 1. The van der Waals surface area contributed by atoms with Gasteiger partial charge in [-0.3, -0.25) is 4.79 Å². The van der Waals surface area contributed by atoms with Crippen molar-refractivity contribution >= 4 is 29.0 Å². The van der Waals surface area contributed by atoms with E-state index in [9.17, 15) is 4.79 Å². The number of benzene rings is 2. The minimum absolute atomic E-state index is 0.115. The molecule has 0 unspecified atom stereocenters. The smallest absolute Gasteiger partial charge is 0.244 e. The van der Waals surface area contributed by atoms with Crippen molar-refractivity contribution in [3.8, 4) is 5.75 Å². The van der Waals surface area contributed by atoms with Crippen LogP contribution in [0.15, 0.2) is 66.1 Å². The molecule has 1 aromatic heterocycles. The fourth-order valence-corrected chi connectivity index (χ4v) is 3.33. The van der Waals surface area contributed by atoms with E-state index in [1.54, 1.807) is 23.5 Å². The first-order valence-corrected chi connectivity index (χ1v) is 10.3. The number of hydrogen-bond donors (Lipinski definition) is 1. The van der Waals surface area contributed by atoms with E-state index < -0.39 is 0 Å². The Bertz CT molecular complexity index is 954. The topological polar surface area (TPSA) is 54.5 Å². The molecule has 0 spiro atoms. The molecule has 5 nitrogen and oxygen atoms in total. The zero-order valence-corrected chi connectivity index (χ0v) is 17.5. The predicted molar refractivity (Wildman–Crippen MR) is 119 cm³/mol. The maximum Gasteiger partial charge on any atom is 0.244 e. The van der Waals surface area contributed by atoms with E-state index in [1.807, 2.05) is 73.9 Å². The quantitative estimate of drug-likeness (QED) is 0.538. The van der Waals surface area contributed by atoms with Gasteiger partial charge in [-0.05, 0) is 42.8 Å². The van der Waals surface area contributed by atoms with Crippen LogP contribution in [0.5, 0.6) is 5.75 Å². The van der Waals surface area contributed by atoms with Gasteiger partial charge in [-0.15, -0.1) is 11.3 Å². The van der Waals surface area contributed by atoms with Crippen LogP contribution in [0.3, 0.4) is 0 Å². The number of likely N-dealkylation sites (N-methyl/N-ethyl adjacent to an activating group) is 1. The van der Waals surface area contributed by atoms with Gasteiger partial charge in [0, 0.05) is 37.3 Å². The van der Waals surface area contributed by atoms with E-state index in [1.165, 1.54) is 0 Å². The van der Waals surface area contributed by atoms with Crippen LogP contribution in [-0.2, 0) is 11.4 Å². The molecule has 3 rings (SSSR count). The minimum Gasteiger partial charge on any atom is -0.487 e. The summed E-state index contributed by atoms with van der Waals surface area (Å²) in [6.45, 7) is 3.73. The standard InChI is InChI=1S/C23H25N3O2S/c1-18-25-20(17-29-18)16-28-22-10-6-7-19(15-22)11-12-23(27)24-13-14-26(2)21-8-4-3-5-9-21/h3-12,15,17H,13-14,16H2,1-2H3,(H,24,27)/b12-11+. The summed E-state index contributed by atoms with van der Waals surface area (Å²) in [5.74, 6) is 0.637. The van der Waals surface area contributed by atoms with Crippen LogP contribution in [0.1, 0.15) is 16.3 Å². The Labute approximate surface area is 175 Å². The van der Waals surface area contributed by atoms with Crippen LogP contribution >= 0.6 is 11.3 Å². The summed E-state index contributed by atoms with van der Waals surface area (Å²) in [4.78, 5) is 18.6. The van der Waals surface area contributed by atoms with E-state index in [0.717, 1.165) is 34.2 Å². The number of amides is 1. The molecule has 0 radical (unpaired) electrons.